The van der Waals surface area contributed by atoms with Crippen LogP contribution in [0.3, 0.4) is 0 Å². The van der Waals surface area contributed by atoms with Crippen LogP contribution in [0.2, 0.25) is 0 Å². The van der Waals surface area contributed by atoms with Crippen molar-refractivity contribution < 1.29 is 4.79 Å². The van der Waals surface area contributed by atoms with Gasteiger partial charge in [0.2, 0.25) is 5.91 Å². The molecule has 2 bridgehead atoms. The molecule has 5 nitrogen and oxygen atoms in total. The first-order valence-electron chi connectivity index (χ1n) is 8.67. The molecule has 1 heterocycles. The number of aromatic amines is 1. The number of fused-ring (bicyclic) bond motifs is 3. The number of nitrogens with two attached hydrogens (primary N) is 1. The molecule has 2 atom stereocenters. The number of amides is 1. The zero-order valence-electron chi connectivity index (χ0n) is 13.7. The molecule has 1 aromatic carbocycles. The second-order valence-corrected chi connectivity index (χ2v) is 7.17. The number of benzene rings is 1. The number of aromatic nitrogens is 2. The topological polar surface area (TPSA) is 83.8 Å². The maximum atomic E-state index is 12.5. The van der Waals surface area contributed by atoms with E-state index in [4.69, 9.17) is 5.73 Å². The summed E-state index contributed by atoms with van der Waals surface area (Å²) in [5.41, 5.74) is 7.98. The van der Waals surface area contributed by atoms with Gasteiger partial charge < -0.3 is 11.1 Å². The number of hydrogen-bond acceptors (Lipinski definition) is 3. The lowest BCUT2D eigenvalue weighted by Gasteiger charge is -2.45. The lowest BCUT2D eigenvalue weighted by molar-refractivity contribution is -0.122. The number of para-hydroxylation sites is 1. The largest absolute Gasteiger partial charge is 0.352 e. The minimum absolute atomic E-state index is 0. The van der Waals surface area contributed by atoms with Gasteiger partial charge in [-0.2, -0.15) is 5.10 Å². The van der Waals surface area contributed by atoms with Crippen LogP contribution >= 0.6 is 12.4 Å². The fourth-order valence-corrected chi connectivity index (χ4v) is 4.57. The highest BCUT2D eigenvalue weighted by molar-refractivity contribution is 5.87. The average Bonchev–Trinajstić information content (AvgIpc) is 2.91. The summed E-state index contributed by atoms with van der Waals surface area (Å²) in [7, 11) is 0. The molecule has 4 rings (SSSR count). The molecule has 2 aliphatic carbocycles. The van der Waals surface area contributed by atoms with Crippen LogP contribution in [0.1, 0.15) is 37.8 Å². The van der Waals surface area contributed by atoms with Crippen molar-refractivity contribution in [3.63, 3.8) is 0 Å². The zero-order valence-corrected chi connectivity index (χ0v) is 14.5. The van der Waals surface area contributed by atoms with Crippen molar-refractivity contribution in [2.45, 2.75) is 50.6 Å². The molecular formula is C18H25ClN4O. The van der Waals surface area contributed by atoms with Crippen LogP contribution in [0.25, 0.3) is 10.9 Å². The molecule has 1 amide bonds. The van der Waals surface area contributed by atoms with E-state index in [1.54, 1.807) is 0 Å². The van der Waals surface area contributed by atoms with Crippen molar-refractivity contribution in [1.82, 2.24) is 15.5 Å². The first kappa shape index (κ1) is 17.2. The third kappa shape index (κ3) is 3.28. The Kier molecular flexibility index (Phi) is 5.11. The predicted molar refractivity (Wildman–Crippen MR) is 97.0 cm³/mol. The van der Waals surface area contributed by atoms with Crippen LogP contribution in [-0.2, 0) is 11.2 Å². The molecule has 6 heteroatoms. The molecule has 4 N–H and O–H groups in total. The Bertz CT molecular complexity index is 702. The first-order valence-corrected chi connectivity index (χ1v) is 8.67. The summed E-state index contributed by atoms with van der Waals surface area (Å²) in [5, 5.41) is 11.6. The molecular weight excluding hydrogens is 324 g/mol. The molecule has 24 heavy (non-hydrogen) atoms. The van der Waals surface area contributed by atoms with Crippen LogP contribution in [0, 0.1) is 11.8 Å². The third-order valence-corrected chi connectivity index (χ3v) is 5.58. The number of H-pyrrole nitrogens is 1. The second-order valence-electron chi connectivity index (χ2n) is 7.17. The van der Waals surface area contributed by atoms with Gasteiger partial charge in [-0.05, 0) is 43.6 Å². The summed E-state index contributed by atoms with van der Waals surface area (Å²) in [6.07, 6.45) is 6.13. The highest BCUT2D eigenvalue weighted by atomic mass is 35.5. The molecule has 0 radical (unpaired) electrons. The minimum Gasteiger partial charge on any atom is -0.352 e. The van der Waals surface area contributed by atoms with Gasteiger partial charge in [0, 0.05) is 17.5 Å². The SMILES string of the molecule is Cl.NC1CC2CCCC(C1)C2NC(=O)Cc1[nH]nc2ccccc12. The van der Waals surface area contributed by atoms with Gasteiger partial charge in [-0.1, -0.05) is 24.6 Å². The first-order chi connectivity index (χ1) is 11.2. The molecule has 2 saturated carbocycles. The van der Waals surface area contributed by atoms with Gasteiger partial charge in [-0.15, -0.1) is 12.4 Å². The standard InChI is InChI=1S/C18H24N4O.ClH/c19-13-8-11-4-3-5-12(9-13)18(11)20-17(23)10-16-14-6-1-2-7-15(14)21-22-16;/h1-2,6-7,11-13,18H,3-5,8-10,19H2,(H,20,23)(H,21,22);1H. The lowest BCUT2D eigenvalue weighted by atomic mass is 9.67. The average molecular weight is 349 g/mol. The van der Waals surface area contributed by atoms with E-state index in [0.717, 1.165) is 29.4 Å². The normalized spacial score (nSPS) is 29.0. The van der Waals surface area contributed by atoms with Gasteiger partial charge in [0.25, 0.3) is 0 Å². The van der Waals surface area contributed by atoms with Crippen LogP contribution < -0.4 is 11.1 Å². The fraction of sp³-hybridized carbons (Fsp3) is 0.556. The second kappa shape index (κ2) is 7.11. The Morgan fingerprint density at radius 3 is 2.71 bits per heavy atom. The number of nitrogens with zero attached hydrogens (tertiary/aromatic N) is 1. The number of halogens is 1. The Hall–Kier alpha value is -1.59. The number of carbonyl (C=O) groups excluding carboxylic acids is 1. The molecule has 130 valence electrons. The van der Waals surface area contributed by atoms with Crippen molar-refractivity contribution in [1.29, 1.82) is 0 Å². The summed E-state index contributed by atoms with van der Waals surface area (Å²) >= 11 is 0. The van der Waals surface area contributed by atoms with Gasteiger partial charge in [0.15, 0.2) is 0 Å². The van der Waals surface area contributed by atoms with Gasteiger partial charge in [0.05, 0.1) is 17.6 Å². The van der Waals surface area contributed by atoms with Crippen molar-refractivity contribution in [3.8, 4) is 0 Å². The fourth-order valence-electron chi connectivity index (χ4n) is 4.57. The van der Waals surface area contributed by atoms with E-state index < -0.39 is 0 Å². The van der Waals surface area contributed by atoms with Gasteiger partial charge in [-0.3, -0.25) is 9.89 Å². The van der Waals surface area contributed by atoms with E-state index in [1.807, 2.05) is 24.3 Å². The predicted octanol–water partition coefficient (Wildman–Crippen LogP) is 2.55. The number of nitrogens with one attached hydrogen (secondary N) is 2. The van der Waals surface area contributed by atoms with Crippen LogP contribution in [-0.4, -0.2) is 28.2 Å². The van der Waals surface area contributed by atoms with E-state index in [1.165, 1.54) is 19.3 Å². The van der Waals surface area contributed by atoms with E-state index in [9.17, 15) is 4.79 Å². The molecule has 1 aromatic heterocycles. The molecule has 2 unspecified atom stereocenters. The highest BCUT2D eigenvalue weighted by Gasteiger charge is 2.39. The molecule has 2 aromatic rings. The van der Waals surface area contributed by atoms with E-state index in [2.05, 4.69) is 15.5 Å². The summed E-state index contributed by atoms with van der Waals surface area (Å²) in [4.78, 5) is 12.5. The van der Waals surface area contributed by atoms with E-state index >= 15 is 0 Å². The summed E-state index contributed by atoms with van der Waals surface area (Å²) in [5.74, 6) is 1.21. The van der Waals surface area contributed by atoms with Crippen LogP contribution in [0.15, 0.2) is 24.3 Å². The number of rotatable bonds is 3. The molecule has 0 saturated heterocycles. The maximum absolute atomic E-state index is 12.5. The van der Waals surface area contributed by atoms with Gasteiger partial charge in [-0.25, -0.2) is 0 Å². The molecule has 2 fully saturated rings. The van der Waals surface area contributed by atoms with E-state index in [0.29, 0.717) is 30.3 Å². The molecule has 0 spiro atoms. The Labute approximate surface area is 148 Å². The Morgan fingerprint density at radius 1 is 1.25 bits per heavy atom. The number of carbonyl (C=O) groups is 1. The van der Waals surface area contributed by atoms with Crippen molar-refractivity contribution >= 4 is 29.2 Å². The smallest absolute Gasteiger partial charge is 0.226 e. The quantitative estimate of drug-likeness (QED) is 0.797. The van der Waals surface area contributed by atoms with Gasteiger partial charge >= 0.3 is 0 Å². The maximum Gasteiger partial charge on any atom is 0.226 e. The highest BCUT2D eigenvalue weighted by Crippen LogP contribution is 2.39. The van der Waals surface area contributed by atoms with Crippen molar-refractivity contribution in [2.24, 2.45) is 17.6 Å². The molecule has 2 aliphatic rings. The van der Waals surface area contributed by atoms with Crippen LogP contribution in [0.5, 0.6) is 0 Å². The van der Waals surface area contributed by atoms with Crippen LogP contribution in [0.4, 0.5) is 0 Å². The summed E-state index contributed by atoms with van der Waals surface area (Å²) in [6, 6.07) is 8.53. The van der Waals surface area contributed by atoms with E-state index in [-0.39, 0.29) is 18.3 Å². The minimum atomic E-state index is 0. The monoisotopic (exact) mass is 348 g/mol. The summed E-state index contributed by atoms with van der Waals surface area (Å²) < 4.78 is 0. The van der Waals surface area contributed by atoms with Crippen molar-refractivity contribution in [2.75, 3.05) is 0 Å². The lowest BCUT2D eigenvalue weighted by Crippen LogP contribution is -2.54. The van der Waals surface area contributed by atoms with Gasteiger partial charge in [0.1, 0.15) is 0 Å². The zero-order chi connectivity index (χ0) is 15.8. The third-order valence-electron chi connectivity index (χ3n) is 5.58. The molecule has 0 aliphatic heterocycles. The Balaban J connectivity index is 0.00000169. The van der Waals surface area contributed by atoms with Crippen molar-refractivity contribution in [3.05, 3.63) is 30.0 Å². The number of hydrogen-bond donors (Lipinski definition) is 3. The summed E-state index contributed by atoms with van der Waals surface area (Å²) in [6.45, 7) is 0. The Morgan fingerprint density at radius 2 is 1.96 bits per heavy atom.